The normalized spacial score (nSPS) is 20.0. The second-order valence-electron chi connectivity index (χ2n) is 9.42. The van der Waals surface area contributed by atoms with Crippen molar-refractivity contribution in [2.75, 3.05) is 46.5 Å². The van der Waals surface area contributed by atoms with Gasteiger partial charge in [0, 0.05) is 32.2 Å². The number of likely N-dealkylation sites (tertiary alicyclic amines) is 1. The van der Waals surface area contributed by atoms with Crippen LogP contribution in [0.4, 0.5) is 0 Å². The van der Waals surface area contributed by atoms with Gasteiger partial charge in [0.05, 0.1) is 43.6 Å². The van der Waals surface area contributed by atoms with Crippen LogP contribution in [0.1, 0.15) is 37.4 Å². The summed E-state index contributed by atoms with van der Waals surface area (Å²) in [6.07, 6.45) is 0.654. The minimum atomic E-state index is -0.806. The van der Waals surface area contributed by atoms with Crippen LogP contribution in [-0.2, 0) is 14.3 Å². The number of rotatable bonds is 9. The molecule has 2 fully saturated rings. The summed E-state index contributed by atoms with van der Waals surface area (Å²) in [5.74, 6) is -1.09. The minimum Gasteiger partial charge on any atom is -0.507 e. The maximum absolute atomic E-state index is 13.3. The SMILES string of the molecule is COc1ccc(C(O)=C2C(=O)C(=O)N(CCCN3CCOCC3)[C@@H]2c2ccc(OC(C)C)cc2)c(O)c1. The van der Waals surface area contributed by atoms with Gasteiger partial charge in [-0.2, -0.15) is 0 Å². The lowest BCUT2D eigenvalue weighted by atomic mass is 9.95. The number of hydrogen-bond donors (Lipinski definition) is 2. The largest absolute Gasteiger partial charge is 0.507 e. The Labute approximate surface area is 216 Å². The molecule has 9 nitrogen and oxygen atoms in total. The number of amides is 1. The fraction of sp³-hybridized carbons (Fsp3) is 0.429. The van der Waals surface area contributed by atoms with Crippen LogP contribution in [0.15, 0.2) is 48.0 Å². The molecule has 0 radical (unpaired) electrons. The van der Waals surface area contributed by atoms with E-state index in [4.69, 9.17) is 14.2 Å². The van der Waals surface area contributed by atoms with Gasteiger partial charge in [-0.25, -0.2) is 0 Å². The standard InChI is InChI=1S/C28H34N2O7/c1-18(2)37-20-7-5-19(6-8-20)25-24(26(32)22-10-9-21(35-3)17-23(22)31)27(33)28(34)30(25)12-4-11-29-13-15-36-16-14-29/h5-10,17-18,25,31-32H,4,11-16H2,1-3H3/t25-/m1/s1. The molecule has 0 saturated carbocycles. The van der Waals surface area contributed by atoms with E-state index < -0.39 is 23.5 Å². The lowest BCUT2D eigenvalue weighted by molar-refractivity contribution is -0.140. The molecule has 1 amide bonds. The summed E-state index contributed by atoms with van der Waals surface area (Å²) in [4.78, 5) is 30.2. The highest BCUT2D eigenvalue weighted by molar-refractivity contribution is 6.46. The van der Waals surface area contributed by atoms with E-state index in [1.807, 2.05) is 13.8 Å². The first kappa shape index (κ1) is 26.5. The highest BCUT2D eigenvalue weighted by atomic mass is 16.5. The summed E-state index contributed by atoms with van der Waals surface area (Å²) >= 11 is 0. The summed E-state index contributed by atoms with van der Waals surface area (Å²) in [6.45, 7) is 7.98. The van der Waals surface area contributed by atoms with Crippen molar-refractivity contribution >= 4 is 17.4 Å². The van der Waals surface area contributed by atoms with E-state index in [1.54, 1.807) is 30.3 Å². The first-order chi connectivity index (χ1) is 17.8. The monoisotopic (exact) mass is 510 g/mol. The van der Waals surface area contributed by atoms with Gasteiger partial charge in [-0.3, -0.25) is 14.5 Å². The van der Waals surface area contributed by atoms with Crippen LogP contribution < -0.4 is 9.47 Å². The number of aromatic hydroxyl groups is 1. The molecule has 2 aliphatic rings. The molecule has 0 unspecified atom stereocenters. The quantitative estimate of drug-likeness (QED) is 0.300. The minimum absolute atomic E-state index is 0.00489. The van der Waals surface area contributed by atoms with Gasteiger partial charge < -0.3 is 29.3 Å². The lowest BCUT2D eigenvalue weighted by Gasteiger charge is -2.29. The molecule has 0 aromatic heterocycles. The number of morpholine rings is 1. The number of phenols is 1. The number of methoxy groups -OCH3 is 1. The number of nitrogens with zero attached hydrogens (tertiary/aromatic N) is 2. The van der Waals surface area contributed by atoms with Crippen molar-refractivity contribution in [3.05, 3.63) is 59.2 Å². The van der Waals surface area contributed by atoms with Crippen LogP contribution in [0.25, 0.3) is 5.76 Å². The van der Waals surface area contributed by atoms with Crippen molar-refractivity contribution < 1.29 is 34.0 Å². The van der Waals surface area contributed by atoms with Crippen LogP contribution >= 0.6 is 0 Å². The third kappa shape index (κ3) is 5.89. The van der Waals surface area contributed by atoms with Gasteiger partial charge in [0.25, 0.3) is 11.7 Å². The molecule has 2 aromatic carbocycles. The number of ether oxygens (including phenoxy) is 3. The molecule has 4 rings (SSSR count). The second kappa shape index (κ2) is 11.7. The number of phenolic OH excluding ortho intramolecular Hbond substituents is 1. The Bertz CT molecular complexity index is 1150. The molecular formula is C28H34N2O7. The number of ketones is 1. The third-order valence-electron chi connectivity index (χ3n) is 6.54. The van der Waals surface area contributed by atoms with Gasteiger partial charge in [-0.05, 0) is 50.1 Å². The Balaban J connectivity index is 1.69. The van der Waals surface area contributed by atoms with Crippen molar-refractivity contribution in [3.63, 3.8) is 0 Å². The van der Waals surface area contributed by atoms with Crippen LogP contribution in [0.3, 0.4) is 0 Å². The number of benzene rings is 2. The van der Waals surface area contributed by atoms with Crippen molar-refractivity contribution in [1.29, 1.82) is 0 Å². The number of aliphatic hydroxyl groups excluding tert-OH is 1. The molecule has 1 atom stereocenters. The van der Waals surface area contributed by atoms with Crippen LogP contribution in [0.2, 0.25) is 0 Å². The molecule has 9 heteroatoms. The molecule has 0 aliphatic carbocycles. The molecule has 37 heavy (non-hydrogen) atoms. The molecule has 0 spiro atoms. The van der Waals surface area contributed by atoms with Crippen molar-refractivity contribution in [1.82, 2.24) is 9.80 Å². The van der Waals surface area contributed by atoms with E-state index in [-0.39, 0.29) is 23.0 Å². The lowest BCUT2D eigenvalue weighted by Crippen LogP contribution is -2.38. The number of carbonyl (C=O) groups is 2. The maximum Gasteiger partial charge on any atom is 0.295 e. The highest BCUT2D eigenvalue weighted by Gasteiger charge is 2.46. The van der Waals surface area contributed by atoms with E-state index in [0.717, 1.165) is 19.6 Å². The summed E-state index contributed by atoms with van der Waals surface area (Å²) in [5.41, 5.74) is 0.655. The van der Waals surface area contributed by atoms with E-state index >= 15 is 0 Å². The topological polar surface area (TPSA) is 109 Å². The number of hydrogen-bond acceptors (Lipinski definition) is 8. The summed E-state index contributed by atoms with van der Waals surface area (Å²) in [6, 6.07) is 10.7. The van der Waals surface area contributed by atoms with Gasteiger partial charge in [0.1, 0.15) is 23.0 Å². The molecule has 0 bridgehead atoms. The third-order valence-corrected chi connectivity index (χ3v) is 6.54. The van der Waals surface area contributed by atoms with Gasteiger partial charge in [-0.1, -0.05) is 12.1 Å². The fourth-order valence-electron chi connectivity index (χ4n) is 4.73. The first-order valence-corrected chi connectivity index (χ1v) is 12.5. The Hall–Kier alpha value is -3.56. The number of Topliss-reactive ketones (excluding diaryl/α,β-unsaturated/α-hetero) is 1. The first-order valence-electron chi connectivity index (χ1n) is 12.5. The fourth-order valence-corrected chi connectivity index (χ4v) is 4.73. The van der Waals surface area contributed by atoms with Gasteiger partial charge in [0.15, 0.2) is 0 Å². The summed E-state index contributed by atoms with van der Waals surface area (Å²) in [7, 11) is 1.46. The van der Waals surface area contributed by atoms with Gasteiger partial charge in [0.2, 0.25) is 0 Å². The predicted molar refractivity (Wildman–Crippen MR) is 138 cm³/mol. The summed E-state index contributed by atoms with van der Waals surface area (Å²) < 4.78 is 16.3. The Kier molecular flexibility index (Phi) is 8.35. The molecule has 2 N–H and O–H groups in total. The van der Waals surface area contributed by atoms with Crippen molar-refractivity contribution in [2.24, 2.45) is 0 Å². The predicted octanol–water partition coefficient (Wildman–Crippen LogP) is 3.33. The molecule has 2 aromatic rings. The van der Waals surface area contributed by atoms with E-state index in [9.17, 15) is 19.8 Å². The average Bonchev–Trinajstić information content (AvgIpc) is 3.14. The van der Waals surface area contributed by atoms with Crippen molar-refractivity contribution in [2.45, 2.75) is 32.4 Å². The van der Waals surface area contributed by atoms with Gasteiger partial charge in [-0.15, -0.1) is 0 Å². The zero-order valence-corrected chi connectivity index (χ0v) is 21.5. The molecular weight excluding hydrogens is 476 g/mol. The van der Waals surface area contributed by atoms with E-state index in [2.05, 4.69) is 4.90 Å². The van der Waals surface area contributed by atoms with Crippen molar-refractivity contribution in [3.8, 4) is 17.2 Å². The maximum atomic E-state index is 13.3. The number of carbonyl (C=O) groups excluding carboxylic acids is 2. The zero-order valence-electron chi connectivity index (χ0n) is 21.5. The van der Waals surface area contributed by atoms with Crippen LogP contribution in [-0.4, -0.2) is 84.3 Å². The smallest absolute Gasteiger partial charge is 0.295 e. The van der Waals surface area contributed by atoms with Crippen LogP contribution in [0, 0.1) is 0 Å². The highest BCUT2D eigenvalue weighted by Crippen LogP contribution is 2.41. The number of aliphatic hydroxyl groups is 1. The Morgan fingerprint density at radius 2 is 1.73 bits per heavy atom. The average molecular weight is 511 g/mol. The molecule has 2 aliphatic heterocycles. The van der Waals surface area contributed by atoms with E-state index in [0.29, 0.717) is 43.2 Å². The molecule has 2 saturated heterocycles. The Morgan fingerprint density at radius 1 is 1.05 bits per heavy atom. The van der Waals surface area contributed by atoms with E-state index in [1.165, 1.54) is 24.1 Å². The molecule has 198 valence electrons. The Morgan fingerprint density at radius 3 is 2.35 bits per heavy atom. The second-order valence-corrected chi connectivity index (χ2v) is 9.42. The van der Waals surface area contributed by atoms with Gasteiger partial charge >= 0.3 is 0 Å². The zero-order chi connectivity index (χ0) is 26.5. The molecule has 2 heterocycles. The van der Waals surface area contributed by atoms with Crippen LogP contribution in [0.5, 0.6) is 17.2 Å². The summed E-state index contributed by atoms with van der Waals surface area (Å²) in [5, 5.41) is 21.8.